The molecule has 0 fully saturated rings. The van der Waals surface area contributed by atoms with Gasteiger partial charge < -0.3 is 10.7 Å². The number of anilines is 1. The third-order valence-electron chi connectivity index (χ3n) is 3.65. The van der Waals surface area contributed by atoms with Crippen molar-refractivity contribution in [3.05, 3.63) is 64.6 Å². The van der Waals surface area contributed by atoms with Gasteiger partial charge in [0.25, 0.3) is 0 Å². The van der Waals surface area contributed by atoms with Crippen molar-refractivity contribution >= 4 is 26.7 Å². The minimum atomic E-state index is -3.73. The van der Waals surface area contributed by atoms with Gasteiger partial charge in [0, 0.05) is 5.69 Å². The van der Waals surface area contributed by atoms with Crippen molar-refractivity contribution in [3.8, 4) is 0 Å². The van der Waals surface area contributed by atoms with Gasteiger partial charge in [0.05, 0.1) is 16.8 Å². The van der Waals surface area contributed by atoms with Crippen molar-refractivity contribution in [1.82, 2.24) is 8.96 Å². The third-order valence-corrected chi connectivity index (χ3v) is 5.38. The first kappa shape index (κ1) is 15.4. The molecule has 0 aliphatic rings. The molecule has 6 nitrogen and oxygen atoms in total. The largest absolute Gasteiger partial charge is 0.399 e. The average molecular weight is 331 g/mol. The molecule has 0 amide bonds. The van der Waals surface area contributed by atoms with E-state index in [1.165, 1.54) is 6.07 Å². The molecule has 1 heterocycles. The van der Waals surface area contributed by atoms with Crippen LogP contribution < -0.4 is 11.4 Å². The van der Waals surface area contributed by atoms with E-state index in [1.807, 2.05) is 30.3 Å². The van der Waals surface area contributed by atoms with E-state index in [0.717, 1.165) is 9.54 Å². The van der Waals surface area contributed by atoms with Gasteiger partial charge in [-0.3, -0.25) is 0 Å². The van der Waals surface area contributed by atoms with Gasteiger partial charge in [0.1, 0.15) is 0 Å². The summed E-state index contributed by atoms with van der Waals surface area (Å²) >= 11 is 0. The molecule has 23 heavy (non-hydrogen) atoms. The molecule has 0 aliphatic carbocycles. The molecule has 3 N–H and O–H groups in total. The fraction of sp³-hybridized carbons (Fsp3) is 0.188. The summed E-state index contributed by atoms with van der Waals surface area (Å²) in [4.78, 5) is 14.5. The van der Waals surface area contributed by atoms with Crippen LogP contribution in [0.2, 0.25) is 0 Å². The molecule has 2 aromatic carbocycles. The Balaban J connectivity index is 1.85. The average Bonchev–Trinajstić information content (AvgIpc) is 2.83. The van der Waals surface area contributed by atoms with Gasteiger partial charge >= 0.3 is 5.69 Å². The summed E-state index contributed by atoms with van der Waals surface area (Å²) in [6.45, 7) is 0. The second-order valence-corrected chi connectivity index (χ2v) is 7.31. The predicted molar refractivity (Wildman–Crippen MR) is 90.9 cm³/mol. The predicted octanol–water partition coefficient (Wildman–Crippen LogP) is 1.72. The fourth-order valence-corrected chi connectivity index (χ4v) is 4.03. The first-order valence-corrected chi connectivity index (χ1v) is 8.86. The summed E-state index contributed by atoms with van der Waals surface area (Å²) in [7, 11) is -3.73. The molecule has 0 saturated carbocycles. The number of aromatic nitrogens is 2. The standard InChI is InChI=1S/C16H17N3O3S/c17-13-8-9-15-14(11-13)18-16(20)19(15)23(21,22)10-4-7-12-5-2-1-3-6-12/h1-3,5-6,8-9,11H,4,7,10,17H2,(H,18,20). The van der Waals surface area contributed by atoms with Crippen LogP contribution in [0.3, 0.4) is 0 Å². The molecule has 0 bridgehead atoms. The van der Waals surface area contributed by atoms with Crippen LogP contribution in [-0.4, -0.2) is 23.1 Å². The minimum Gasteiger partial charge on any atom is -0.399 e. The van der Waals surface area contributed by atoms with E-state index < -0.39 is 15.7 Å². The molecule has 0 atom stereocenters. The Hall–Kier alpha value is -2.54. The molecule has 120 valence electrons. The van der Waals surface area contributed by atoms with Crippen LogP contribution in [-0.2, 0) is 16.4 Å². The molecule has 1 aromatic heterocycles. The molecule has 0 saturated heterocycles. The summed E-state index contributed by atoms with van der Waals surface area (Å²) in [6.07, 6.45) is 1.09. The van der Waals surface area contributed by atoms with Gasteiger partial charge in [-0.05, 0) is 36.6 Å². The Labute approximate surface area is 133 Å². The number of H-pyrrole nitrogens is 1. The maximum absolute atomic E-state index is 12.5. The van der Waals surface area contributed by atoms with Crippen LogP contribution in [0.1, 0.15) is 12.0 Å². The van der Waals surface area contributed by atoms with Crippen LogP contribution in [0.5, 0.6) is 0 Å². The Bertz CT molecular complexity index is 988. The van der Waals surface area contributed by atoms with Gasteiger partial charge in [-0.25, -0.2) is 13.2 Å². The maximum Gasteiger partial charge on any atom is 0.340 e. The van der Waals surface area contributed by atoms with Crippen LogP contribution in [0.15, 0.2) is 53.3 Å². The smallest absolute Gasteiger partial charge is 0.340 e. The number of hydrogen-bond donors (Lipinski definition) is 2. The maximum atomic E-state index is 12.5. The summed E-state index contributed by atoms with van der Waals surface area (Å²) in [5.41, 5.74) is 7.27. The van der Waals surface area contributed by atoms with Crippen molar-refractivity contribution in [2.45, 2.75) is 12.8 Å². The number of nitrogen functional groups attached to an aromatic ring is 1. The number of benzene rings is 2. The number of nitrogens with zero attached hydrogens (tertiary/aromatic N) is 1. The minimum absolute atomic E-state index is 0.0981. The Morgan fingerprint density at radius 2 is 1.83 bits per heavy atom. The highest BCUT2D eigenvalue weighted by Crippen LogP contribution is 2.16. The number of nitrogens with two attached hydrogens (primary N) is 1. The molecule has 3 aromatic rings. The topological polar surface area (TPSA) is 97.9 Å². The SMILES string of the molecule is Nc1ccc2c(c1)[nH]c(=O)n2S(=O)(=O)CCCc1ccccc1. The first-order valence-electron chi connectivity index (χ1n) is 7.25. The molecule has 3 rings (SSSR count). The molecule has 0 unspecified atom stereocenters. The van der Waals surface area contributed by atoms with E-state index in [4.69, 9.17) is 5.73 Å². The number of hydrogen-bond acceptors (Lipinski definition) is 4. The second-order valence-electron chi connectivity index (χ2n) is 5.38. The van der Waals surface area contributed by atoms with E-state index in [1.54, 1.807) is 12.1 Å². The molecular formula is C16H17N3O3S. The number of nitrogens with one attached hydrogen (secondary N) is 1. The fourth-order valence-electron chi connectivity index (χ4n) is 2.58. The number of rotatable bonds is 5. The number of aromatic amines is 1. The van der Waals surface area contributed by atoms with Crippen molar-refractivity contribution in [2.24, 2.45) is 0 Å². The van der Waals surface area contributed by atoms with Crippen LogP contribution in [0, 0.1) is 0 Å². The summed E-state index contributed by atoms with van der Waals surface area (Å²) < 4.78 is 25.9. The highest BCUT2D eigenvalue weighted by molar-refractivity contribution is 7.90. The number of aryl methyl sites for hydroxylation is 1. The van der Waals surface area contributed by atoms with Crippen LogP contribution in [0.25, 0.3) is 11.0 Å². The molecular weight excluding hydrogens is 314 g/mol. The highest BCUT2D eigenvalue weighted by Gasteiger charge is 2.19. The normalized spacial score (nSPS) is 11.8. The van der Waals surface area contributed by atoms with Gasteiger partial charge in [-0.15, -0.1) is 0 Å². The molecule has 0 radical (unpaired) electrons. The molecule has 0 spiro atoms. The van der Waals surface area contributed by atoms with E-state index in [0.29, 0.717) is 29.6 Å². The van der Waals surface area contributed by atoms with Gasteiger partial charge in [-0.2, -0.15) is 3.97 Å². The van der Waals surface area contributed by atoms with Crippen molar-refractivity contribution in [3.63, 3.8) is 0 Å². The van der Waals surface area contributed by atoms with Gasteiger partial charge in [0.2, 0.25) is 10.0 Å². The van der Waals surface area contributed by atoms with Crippen LogP contribution >= 0.6 is 0 Å². The lowest BCUT2D eigenvalue weighted by molar-refractivity contribution is 0.584. The summed E-state index contributed by atoms with van der Waals surface area (Å²) in [5, 5.41) is 0. The lowest BCUT2D eigenvalue weighted by Crippen LogP contribution is -2.27. The van der Waals surface area contributed by atoms with E-state index >= 15 is 0 Å². The number of fused-ring (bicyclic) bond motifs is 1. The van der Waals surface area contributed by atoms with E-state index in [-0.39, 0.29) is 5.75 Å². The van der Waals surface area contributed by atoms with Gasteiger partial charge in [0.15, 0.2) is 0 Å². The monoisotopic (exact) mass is 331 g/mol. The zero-order chi connectivity index (χ0) is 16.4. The molecule has 7 heteroatoms. The van der Waals surface area contributed by atoms with Crippen molar-refractivity contribution in [1.29, 1.82) is 0 Å². The Morgan fingerprint density at radius 3 is 2.57 bits per heavy atom. The van der Waals surface area contributed by atoms with Crippen molar-refractivity contribution < 1.29 is 8.42 Å². The zero-order valence-electron chi connectivity index (χ0n) is 12.4. The van der Waals surface area contributed by atoms with Crippen molar-refractivity contribution in [2.75, 3.05) is 11.5 Å². The quantitative estimate of drug-likeness (QED) is 0.696. The molecule has 0 aliphatic heterocycles. The van der Waals surface area contributed by atoms with Gasteiger partial charge in [-0.1, -0.05) is 30.3 Å². The Kier molecular flexibility index (Phi) is 3.96. The summed E-state index contributed by atoms with van der Waals surface area (Å²) in [6, 6.07) is 14.3. The highest BCUT2D eigenvalue weighted by atomic mass is 32.2. The van der Waals surface area contributed by atoms with E-state index in [9.17, 15) is 13.2 Å². The Morgan fingerprint density at radius 1 is 1.09 bits per heavy atom. The third kappa shape index (κ3) is 3.14. The summed E-state index contributed by atoms with van der Waals surface area (Å²) in [5.74, 6) is -0.0981. The second kappa shape index (κ2) is 5.92. The number of imidazole rings is 1. The first-order chi connectivity index (χ1) is 11.0. The van der Waals surface area contributed by atoms with E-state index in [2.05, 4.69) is 4.98 Å². The lowest BCUT2D eigenvalue weighted by atomic mass is 10.1. The van der Waals surface area contributed by atoms with Crippen LogP contribution in [0.4, 0.5) is 5.69 Å². The zero-order valence-corrected chi connectivity index (χ0v) is 13.2. The lowest BCUT2D eigenvalue weighted by Gasteiger charge is -2.06.